The molecule has 33 heavy (non-hydrogen) atoms. The van der Waals surface area contributed by atoms with Gasteiger partial charge in [0.15, 0.2) is 0 Å². The fourth-order valence-corrected chi connectivity index (χ4v) is 4.01. The maximum Gasteiger partial charge on any atom is 0.338 e. The zero-order valence-corrected chi connectivity index (χ0v) is 18.7. The molecule has 0 atom stereocenters. The molecule has 168 valence electrons. The summed E-state index contributed by atoms with van der Waals surface area (Å²) in [4.78, 5) is 38.2. The molecule has 1 aliphatic heterocycles. The van der Waals surface area contributed by atoms with E-state index in [1.807, 2.05) is 30.3 Å². The normalized spacial score (nSPS) is 14.7. The van der Waals surface area contributed by atoms with Gasteiger partial charge in [0, 0.05) is 11.6 Å². The van der Waals surface area contributed by atoms with E-state index >= 15 is 0 Å². The van der Waals surface area contributed by atoms with Gasteiger partial charge < -0.3 is 13.9 Å². The van der Waals surface area contributed by atoms with Crippen LogP contribution in [0.5, 0.6) is 5.75 Å². The number of para-hydroxylation sites is 1. The number of carbonyl (C=O) groups is 3. The number of benzene rings is 2. The lowest BCUT2D eigenvalue weighted by atomic mass is 10.1. The molecule has 0 spiro atoms. The van der Waals surface area contributed by atoms with Gasteiger partial charge in [0.05, 0.1) is 23.6 Å². The summed E-state index contributed by atoms with van der Waals surface area (Å²) in [6, 6.07) is 19.5. The molecule has 1 saturated heterocycles. The summed E-state index contributed by atoms with van der Waals surface area (Å²) in [5, 5.41) is -0.343. The molecule has 1 aromatic heterocycles. The van der Waals surface area contributed by atoms with Crippen molar-refractivity contribution in [1.29, 1.82) is 0 Å². The first-order valence-corrected chi connectivity index (χ1v) is 11.2. The Morgan fingerprint density at radius 3 is 2.52 bits per heavy atom. The fourth-order valence-electron chi connectivity index (χ4n) is 3.16. The first kappa shape index (κ1) is 22.4. The van der Waals surface area contributed by atoms with Crippen LogP contribution in [0.2, 0.25) is 0 Å². The third-order valence-electron chi connectivity index (χ3n) is 4.78. The van der Waals surface area contributed by atoms with Crippen molar-refractivity contribution in [2.75, 3.05) is 19.8 Å². The molecular weight excluding hydrogens is 442 g/mol. The van der Waals surface area contributed by atoms with Gasteiger partial charge in [0.25, 0.3) is 11.1 Å². The van der Waals surface area contributed by atoms with Gasteiger partial charge in [-0.25, -0.2) is 4.79 Å². The van der Waals surface area contributed by atoms with Crippen molar-refractivity contribution in [3.05, 3.63) is 83.0 Å². The molecule has 1 aliphatic rings. The molecule has 7 nitrogen and oxygen atoms in total. The van der Waals surface area contributed by atoms with E-state index in [9.17, 15) is 14.4 Å². The highest BCUT2D eigenvalue weighted by Gasteiger charge is 2.35. The molecule has 0 bridgehead atoms. The van der Waals surface area contributed by atoms with Gasteiger partial charge in [-0.05, 0) is 55.1 Å². The van der Waals surface area contributed by atoms with Crippen LogP contribution in [0.3, 0.4) is 0 Å². The summed E-state index contributed by atoms with van der Waals surface area (Å²) in [7, 11) is 0. The lowest BCUT2D eigenvalue weighted by Gasteiger charge is -2.13. The number of amides is 2. The smallest absolute Gasteiger partial charge is 0.338 e. The molecular formula is C25H21NO6S. The van der Waals surface area contributed by atoms with E-state index in [-0.39, 0.29) is 30.3 Å². The van der Waals surface area contributed by atoms with E-state index in [0.29, 0.717) is 34.3 Å². The average Bonchev–Trinajstić information content (AvgIpc) is 3.40. The van der Waals surface area contributed by atoms with E-state index in [4.69, 9.17) is 13.9 Å². The molecule has 0 N–H and O–H groups in total. The third-order valence-corrected chi connectivity index (χ3v) is 5.69. The molecule has 3 aromatic rings. The molecule has 1 fully saturated rings. The Hall–Kier alpha value is -3.78. The molecule has 0 aliphatic carbocycles. The summed E-state index contributed by atoms with van der Waals surface area (Å²) in [6.07, 6.45) is 1.55. The van der Waals surface area contributed by atoms with Gasteiger partial charge in [-0.2, -0.15) is 0 Å². The quantitative estimate of drug-likeness (QED) is 0.334. The van der Waals surface area contributed by atoms with Crippen LogP contribution in [0.15, 0.2) is 76.1 Å². The summed E-state index contributed by atoms with van der Waals surface area (Å²) < 4.78 is 16.4. The number of ether oxygens (including phenoxy) is 2. The monoisotopic (exact) mass is 463 g/mol. The molecule has 0 radical (unpaired) electrons. The largest absolute Gasteiger partial charge is 0.492 e. The molecule has 2 heterocycles. The Morgan fingerprint density at radius 2 is 1.79 bits per heavy atom. The second-order valence-corrected chi connectivity index (χ2v) is 7.99. The Kier molecular flexibility index (Phi) is 6.95. The van der Waals surface area contributed by atoms with Gasteiger partial charge in [-0.15, -0.1) is 0 Å². The number of imide groups is 1. The van der Waals surface area contributed by atoms with Crippen molar-refractivity contribution >= 4 is 35.0 Å². The van der Waals surface area contributed by atoms with Crippen LogP contribution in [0.1, 0.15) is 23.0 Å². The summed E-state index contributed by atoms with van der Waals surface area (Å²) in [5.74, 6) is 0.948. The Labute approximate surface area is 195 Å². The van der Waals surface area contributed by atoms with Gasteiger partial charge in [-0.1, -0.05) is 30.3 Å². The topological polar surface area (TPSA) is 86.0 Å². The second kappa shape index (κ2) is 10.2. The Balaban J connectivity index is 1.39. The predicted octanol–water partition coefficient (Wildman–Crippen LogP) is 5.24. The minimum atomic E-state index is -0.380. The molecule has 0 unspecified atom stereocenters. The van der Waals surface area contributed by atoms with Crippen LogP contribution < -0.4 is 4.74 Å². The van der Waals surface area contributed by atoms with Crippen molar-refractivity contribution < 1.29 is 28.3 Å². The lowest BCUT2D eigenvalue weighted by molar-refractivity contribution is -0.123. The van der Waals surface area contributed by atoms with Crippen molar-refractivity contribution in [2.24, 2.45) is 0 Å². The minimum absolute atomic E-state index is 0.160. The number of carbonyl (C=O) groups excluding carboxylic acids is 3. The SMILES string of the molecule is CCOC(=O)c1ccc(-c2ccc(/C=C3\SC(=O)N(CCOc4ccccc4)C3=O)o2)cc1. The molecule has 2 amide bonds. The number of thioether (sulfide) groups is 1. The molecule has 8 heteroatoms. The second-order valence-electron chi connectivity index (χ2n) is 6.99. The van der Waals surface area contributed by atoms with Gasteiger partial charge in [-0.3, -0.25) is 14.5 Å². The van der Waals surface area contributed by atoms with E-state index in [1.54, 1.807) is 49.4 Å². The lowest BCUT2D eigenvalue weighted by Crippen LogP contribution is -2.32. The van der Waals surface area contributed by atoms with Crippen molar-refractivity contribution in [3.63, 3.8) is 0 Å². The summed E-state index contributed by atoms with van der Waals surface area (Å²) in [6.45, 7) is 2.44. The number of furan rings is 1. The zero-order valence-electron chi connectivity index (χ0n) is 17.9. The Bertz CT molecular complexity index is 1180. The average molecular weight is 464 g/mol. The van der Waals surface area contributed by atoms with E-state index in [1.165, 1.54) is 0 Å². The third kappa shape index (κ3) is 5.35. The van der Waals surface area contributed by atoms with Crippen LogP contribution >= 0.6 is 11.8 Å². The first-order chi connectivity index (χ1) is 16.0. The number of esters is 1. The molecule has 0 saturated carbocycles. The van der Waals surface area contributed by atoms with Crippen LogP contribution in [-0.4, -0.2) is 41.8 Å². The Morgan fingerprint density at radius 1 is 1.03 bits per heavy atom. The zero-order chi connectivity index (χ0) is 23.2. The highest BCUT2D eigenvalue weighted by molar-refractivity contribution is 8.18. The maximum atomic E-state index is 12.7. The van der Waals surface area contributed by atoms with E-state index in [2.05, 4.69) is 0 Å². The predicted molar refractivity (Wildman–Crippen MR) is 125 cm³/mol. The van der Waals surface area contributed by atoms with Gasteiger partial charge in [0.1, 0.15) is 23.9 Å². The highest BCUT2D eigenvalue weighted by Crippen LogP contribution is 2.33. The van der Waals surface area contributed by atoms with E-state index < -0.39 is 0 Å². The van der Waals surface area contributed by atoms with Crippen LogP contribution in [0.25, 0.3) is 17.4 Å². The van der Waals surface area contributed by atoms with Crippen molar-refractivity contribution in [1.82, 2.24) is 4.90 Å². The highest BCUT2D eigenvalue weighted by atomic mass is 32.2. The minimum Gasteiger partial charge on any atom is -0.492 e. The first-order valence-electron chi connectivity index (χ1n) is 10.4. The van der Waals surface area contributed by atoms with Crippen molar-refractivity contribution in [3.8, 4) is 17.1 Å². The van der Waals surface area contributed by atoms with Gasteiger partial charge in [0.2, 0.25) is 0 Å². The standard InChI is InChI=1S/C25H21NO6S/c1-2-30-24(28)18-10-8-17(9-11-18)21-13-12-20(32-21)16-22-23(27)26(25(29)33-22)14-15-31-19-6-4-3-5-7-19/h3-13,16H,2,14-15H2,1H3/b22-16-. The maximum absolute atomic E-state index is 12.7. The van der Waals surface area contributed by atoms with Crippen LogP contribution in [-0.2, 0) is 9.53 Å². The number of rotatable bonds is 8. The van der Waals surface area contributed by atoms with Crippen molar-refractivity contribution in [2.45, 2.75) is 6.92 Å². The van der Waals surface area contributed by atoms with Crippen LogP contribution in [0, 0.1) is 0 Å². The molecule has 4 rings (SSSR count). The van der Waals surface area contributed by atoms with Crippen LogP contribution in [0.4, 0.5) is 4.79 Å². The fraction of sp³-hybridized carbons (Fsp3) is 0.160. The summed E-state index contributed by atoms with van der Waals surface area (Å²) >= 11 is 0.869. The molecule has 2 aromatic carbocycles. The number of nitrogens with zero attached hydrogens (tertiary/aromatic N) is 1. The number of hydrogen-bond acceptors (Lipinski definition) is 7. The summed E-state index contributed by atoms with van der Waals surface area (Å²) in [5.41, 5.74) is 1.23. The van der Waals surface area contributed by atoms with Gasteiger partial charge >= 0.3 is 5.97 Å². The van der Waals surface area contributed by atoms with E-state index in [0.717, 1.165) is 22.2 Å². The number of hydrogen-bond donors (Lipinski definition) is 0.